The van der Waals surface area contributed by atoms with Gasteiger partial charge in [-0.1, -0.05) is 5.11 Å². The first-order chi connectivity index (χ1) is 6.65. The van der Waals surface area contributed by atoms with Gasteiger partial charge in [0.1, 0.15) is 5.69 Å². The van der Waals surface area contributed by atoms with Crippen molar-refractivity contribution in [3.05, 3.63) is 27.9 Å². The lowest BCUT2D eigenvalue weighted by atomic mass is 10.2. The number of rotatable bonds is 4. The van der Waals surface area contributed by atoms with Crippen molar-refractivity contribution in [3.63, 3.8) is 0 Å². The van der Waals surface area contributed by atoms with Crippen LogP contribution in [0.15, 0.2) is 11.3 Å². The van der Waals surface area contributed by atoms with Crippen LogP contribution in [0.1, 0.15) is 17.7 Å². The first kappa shape index (κ1) is 10.5. The molecule has 76 valence electrons. The van der Waals surface area contributed by atoms with E-state index in [1.165, 1.54) is 10.9 Å². The van der Waals surface area contributed by atoms with Crippen molar-refractivity contribution in [2.45, 2.75) is 12.8 Å². The molecule has 0 amide bonds. The highest BCUT2D eigenvalue weighted by Gasteiger charge is 2.16. The molecule has 0 saturated heterocycles. The third-order valence-corrected chi connectivity index (χ3v) is 1.69. The summed E-state index contributed by atoms with van der Waals surface area (Å²) in [5.41, 5.74) is 8.21. The van der Waals surface area contributed by atoms with Crippen molar-refractivity contribution < 1.29 is 8.78 Å². The lowest BCUT2D eigenvalue weighted by Crippen LogP contribution is -1.94. The quantitative estimate of drug-likeness (QED) is 0.418. The lowest BCUT2D eigenvalue weighted by Gasteiger charge is -1.97. The number of aryl methyl sites for hydroxylation is 1. The Balaban J connectivity index is 2.78. The molecular formula is C7H9F2N5. The normalized spacial score (nSPS) is 10.3. The van der Waals surface area contributed by atoms with Crippen LogP contribution in [0.3, 0.4) is 0 Å². The fourth-order valence-electron chi connectivity index (χ4n) is 1.15. The number of alkyl halides is 2. The van der Waals surface area contributed by atoms with Gasteiger partial charge in [0.15, 0.2) is 0 Å². The molecule has 1 rings (SSSR count). The maximum absolute atomic E-state index is 12.4. The summed E-state index contributed by atoms with van der Waals surface area (Å²) in [4.78, 5) is 2.54. The van der Waals surface area contributed by atoms with Crippen LogP contribution in [0.25, 0.3) is 10.4 Å². The molecule has 0 saturated carbocycles. The predicted octanol–water partition coefficient (Wildman–Crippen LogP) is 2.21. The van der Waals surface area contributed by atoms with Crippen molar-refractivity contribution in [1.29, 1.82) is 0 Å². The summed E-state index contributed by atoms with van der Waals surface area (Å²) in [5, 5.41) is 6.90. The SMILES string of the molecule is Cn1cc(CCN=[N+]=[N-])c(C(F)F)n1. The smallest absolute Gasteiger partial charge is 0.275 e. The first-order valence-electron chi connectivity index (χ1n) is 3.96. The Morgan fingerprint density at radius 3 is 3.00 bits per heavy atom. The third-order valence-electron chi connectivity index (χ3n) is 1.69. The molecule has 0 unspecified atom stereocenters. The van der Waals surface area contributed by atoms with E-state index in [9.17, 15) is 8.78 Å². The Hall–Kier alpha value is -1.62. The molecule has 1 heterocycles. The van der Waals surface area contributed by atoms with E-state index in [4.69, 9.17) is 5.53 Å². The van der Waals surface area contributed by atoms with E-state index < -0.39 is 6.43 Å². The highest BCUT2D eigenvalue weighted by atomic mass is 19.3. The van der Waals surface area contributed by atoms with Gasteiger partial charge in [0, 0.05) is 24.7 Å². The van der Waals surface area contributed by atoms with E-state index in [-0.39, 0.29) is 18.7 Å². The minimum Gasteiger partial charge on any atom is -0.275 e. The average molecular weight is 201 g/mol. The molecule has 0 atom stereocenters. The molecule has 5 nitrogen and oxygen atoms in total. The molecule has 1 aromatic rings. The molecule has 0 aliphatic heterocycles. The number of hydrogen-bond donors (Lipinski definition) is 0. The average Bonchev–Trinajstić information content (AvgIpc) is 2.47. The number of halogens is 2. The number of nitrogens with zero attached hydrogens (tertiary/aromatic N) is 5. The zero-order chi connectivity index (χ0) is 10.6. The summed E-state index contributed by atoms with van der Waals surface area (Å²) in [6.45, 7) is 0.169. The van der Waals surface area contributed by atoms with Crippen molar-refractivity contribution in [2.75, 3.05) is 6.54 Å². The summed E-state index contributed by atoms with van der Waals surface area (Å²) in [6.07, 6.45) is -0.788. The molecule has 0 bridgehead atoms. The van der Waals surface area contributed by atoms with Crippen molar-refractivity contribution in [1.82, 2.24) is 9.78 Å². The second-order valence-electron chi connectivity index (χ2n) is 2.72. The summed E-state index contributed by atoms with van der Waals surface area (Å²) < 4.78 is 26.1. The molecular weight excluding hydrogens is 192 g/mol. The fourth-order valence-corrected chi connectivity index (χ4v) is 1.15. The van der Waals surface area contributed by atoms with E-state index in [1.807, 2.05) is 0 Å². The number of hydrogen-bond acceptors (Lipinski definition) is 2. The van der Waals surface area contributed by atoms with Crippen molar-refractivity contribution in [2.24, 2.45) is 12.2 Å². The second kappa shape index (κ2) is 4.57. The lowest BCUT2D eigenvalue weighted by molar-refractivity contribution is 0.144. The summed E-state index contributed by atoms with van der Waals surface area (Å²) in [5.74, 6) is 0. The van der Waals surface area contributed by atoms with E-state index in [0.29, 0.717) is 5.56 Å². The van der Waals surface area contributed by atoms with E-state index >= 15 is 0 Å². The fraction of sp³-hybridized carbons (Fsp3) is 0.571. The zero-order valence-corrected chi connectivity index (χ0v) is 7.56. The molecule has 0 aromatic carbocycles. The number of aromatic nitrogens is 2. The van der Waals surface area contributed by atoms with Gasteiger partial charge in [0.05, 0.1) is 0 Å². The van der Waals surface area contributed by atoms with Crippen LogP contribution in [0, 0.1) is 0 Å². The van der Waals surface area contributed by atoms with E-state index in [0.717, 1.165) is 0 Å². The van der Waals surface area contributed by atoms with Gasteiger partial charge in [-0.25, -0.2) is 8.78 Å². The van der Waals surface area contributed by atoms with Gasteiger partial charge in [0.25, 0.3) is 6.43 Å². The Bertz CT molecular complexity index is 353. The topological polar surface area (TPSA) is 66.6 Å². The molecule has 7 heteroatoms. The monoisotopic (exact) mass is 201 g/mol. The largest absolute Gasteiger partial charge is 0.282 e. The van der Waals surface area contributed by atoms with Crippen LogP contribution in [-0.4, -0.2) is 16.3 Å². The first-order valence-corrected chi connectivity index (χ1v) is 3.96. The highest BCUT2D eigenvalue weighted by molar-refractivity contribution is 5.18. The van der Waals surface area contributed by atoms with Gasteiger partial charge in [0.2, 0.25) is 0 Å². The molecule has 0 aliphatic carbocycles. The maximum Gasteiger partial charge on any atom is 0.282 e. The van der Waals surface area contributed by atoms with Gasteiger partial charge < -0.3 is 0 Å². The van der Waals surface area contributed by atoms with Gasteiger partial charge in [-0.15, -0.1) is 0 Å². The highest BCUT2D eigenvalue weighted by Crippen LogP contribution is 2.21. The van der Waals surface area contributed by atoms with Crippen LogP contribution >= 0.6 is 0 Å². The van der Waals surface area contributed by atoms with Crippen molar-refractivity contribution in [3.8, 4) is 0 Å². The third kappa shape index (κ3) is 2.43. The Labute approximate surface area is 79.0 Å². The standard InChI is InChI=1S/C7H9F2N5/c1-14-4-5(2-3-11-13-10)6(12-14)7(8)9/h4,7H,2-3H2,1H3. The molecule has 0 radical (unpaired) electrons. The zero-order valence-electron chi connectivity index (χ0n) is 7.56. The Morgan fingerprint density at radius 1 is 1.71 bits per heavy atom. The molecule has 0 N–H and O–H groups in total. The van der Waals surface area contributed by atoms with E-state index in [2.05, 4.69) is 15.1 Å². The van der Waals surface area contributed by atoms with Crippen molar-refractivity contribution >= 4 is 0 Å². The van der Waals surface area contributed by atoms with E-state index in [1.54, 1.807) is 7.05 Å². The minimum atomic E-state index is -2.59. The molecule has 14 heavy (non-hydrogen) atoms. The molecule has 1 aromatic heterocycles. The summed E-state index contributed by atoms with van der Waals surface area (Å²) in [6, 6.07) is 0. The Kier molecular flexibility index (Phi) is 3.41. The van der Waals surface area contributed by atoms with Crippen LogP contribution < -0.4 is 0 Å². The Morgan fingerprint density at radius 2 is 2.43 bits per heavy atom. The van der Waals surface area contributed by atoms with Gasteiger partial charge in [-0.3, -0.25) is 4.68 Å². The van der Waals surface area contributed by atoms with Gasteiger partial charge in [-0.2, -0.15) is 5.10 Å². The van der Waals surface area contributed by atoms with Crippen LogP contribution in [0.2, 0.25) is 0 Å². The van der Waals surface area contributed by atoms with Gasteiger partial charge >= 0.3 is 0 Å². The van der Waals surface area contributed by atoms with Crippen LogP contribution in [0.5, 0.6) is 0 Å². The predicted molar refractivity (Wildman–Crippen MR) is 45.9 cm³/mol. The molecule has 0 aliphatic rings. The van der Waals surface area contributed by atoms with Crippen LogP contribution in [0.4, 0.5) is 8.78 Å². The maximum atomic E-state index is 12.4. The molecule has 0 spiro atoms. The molecule has 0 fully saturated rings. The summed E-state index contributed by atoms with van der Waals surface area (Å²) in [7, 11) is 1.57. The second-order valence-corrected chi connectivity index (χ2v) is 2.72. The van der Waals surface area contributed by atoms with Gasteiger partial charge in [-0.05, 0) is 17.5 Å². The summed E-state index contributed by atoms with van der Waals surface area (Å²) >= 11 is 0. The number of azide groups is 1. The van der Waals surface area contributed by atoms with Crippen LogP contribution in [-0.2, 0) is 13.5 Å². The minimum absolute atomic E-state index is 0.169.